The van der Waals surface area contributed by atoms with Gasteiger partial charge in [-0.2, -0.15) is 0 Å². The van der Waals surface area contributed by atoms with Crippen LogP contribution < -0.4 is 5.32 Å². The van der Waals surface area contributed by atoms with E-state index < -0.39 is 0 Å². The Morgan fingerprint density at radius 2 is 2.36 bits per heavy atom. The first-order valence-electron chi connectivity index (χ1n) is 4.14. The lowest BCUT2D eigenvalue weighted by Gasteiger charge is -2.12. The summed E-state index contributed by atoms with van der Waals surface area (Å²) in [5.41, 5.74) is 0. The molecule has 0 saturated heterocycles. The first-order valence-corrected chi connectivity index (χ1v) is 5.73. The normalized spacial score (nSPS) is 11.9. The molecule has 1 atom stereocenters. The highest BCUT2D eigenvalue weighted by Gasteiger charge is 2.05. The molecule has 1 aromatic heterocycles. The smallest absolute Gasteiger partial charge is 0.140 e. The molecule has 0 bridgehead atoms. The molecular weight excluding hydrogens is 308 g/mol. The van der Waals surface area contributed by atoms with Crippen molar-refractivity contribution < 1.29 is 0 Å². The standard InChI is InChI=1S/C10H10Br2N2/c1-3-4-7(2)14-10-9(12)5-8(11)6-13-10/h1,5-7H,4H2,2H3,(H,13,14). The van der Waals surface area contributed by atoms with Crippen LogP contribution in [0.3, 0.4) is 0 Å². The molecule has 0 amide bonds. The average Bonchev–Trinajstić information content (AvgIpc) is 2.10. The van der Waals surface area contributed by atoms with Crippen molar-refractivity contribution in [2.75, 3.05) is 5.32 Å². The maximum Gasteiger partial charge on any atom is 0.140 e. The Hall–Kier alpha value is -0.530. The SMILES string of the molecule is C#CCC(C)Nc1ncc(Br)cc1Br. The topological polar surface area (TPSA) is 24.9 Å². The number of terminal acetylenes is 1. The predicted molar refractivity (Wildman–Crippen MR) is 66.2 cm³/mol. The minimum atomic E-state index is 0.227. The molecule has 1 aromatic rings. The number of nitrogens with one attached hydrogen (secondary N) is 1. The third-order valence-corrected chi connectivity index (χ3v) is 2.65. The summed E-state index contributed by atoms with van der Waals surface area (Å²) in [6.45, 7) is 2.02. The molecule has 0 radical (unpaired) electrons. The summed E-state index contributed by atoms with van der Waals surface area (Å²) in [4.78, 5) is 4.23. The zero-order valence-electron chi connectivity index (χ0n) is 7.72. The Kier molecular flexibility index (Phi) is 4.43. The molecule has 0 aromatic carbocycles. The number of rotatable bonds is 3. The second-order valence-electron chi connectivity index (χ2n) is 2.94. The van der Waals surface area contributed by atoms with E-state index in [9.17, 15) is 0 Å². The van der Waals surface area contributed by atoms with Crippen molar-refractivity contribution in [2.24, 2.45) is 0 Å². The van der Waals surface area contributed by atoms with E-state index in [2.05, 4.69) is 48.1 Å². The molecule has 0 aliphatic heterocycles. The Bertz CT molecular complexity index is 358. The molecule has 2 nitrogen and oxygen atoms in total. The third-order valence-electron chi connectivity index (χ3n) is 1.61. The predicted octanol–water partition coefficient (Wildman–Crippen LogP) is 3.43. The van der Waals surface area contributed by atoms with Crippen LogP contribution in [0.15, 0.2) is 21.2 Å². The van der Waals surface area contributed by atoms with Gasteiger partial charge in [0.05, 0.1) is 4.47 Å². The van der Waals surface area contributed by atoms with Crippen LogP contribution in [0.25, 0.3) is 0 Å². The highest BCUT2D eigenvalue weighted by Crippen LogP contribution is 2.24. The number of halogens is 2. The van der Waals surface area contributed by atoms with E-state index >= 15 is 0 Å². The molecule has 1 unspecified atom stereocenters. The van der Waals surface area contributed by atoms with Gasteiger partial charge in [-0.3, -0.25) is 0 Å². The molecule has 0 saturated carbocycles. The number of hydrogen-bond donors (Lipinski definition) is 1. The number of aromatic nitrogens is 1. The van der Waals surface area contributed by atoms with Gasteiger partial charge < -0.3 is 5.32 Å². The van der Waals surface area contributed by atoms with Gasteiger partial charge >= 0.3 is 0 Å². The fraction of sp³-hybridized carbons (Fsp3) is 0.300. The maximum atomic E-state index is 5.22. The van der Waals surface area contributed by atoms with Crippen molar-refractivity contribution in [3.63, 3.8) is 0 Å². The van der Waals surface area contributed by atoms with Gasteiger partial charge in [-0.05, 0) is 44.8 Å². The third kappa shape index (κ3) is 3.32. The average molecular weight is 318 g/mol. The zero-order valence-corrected chi connectivity index (χ0v) is 10.9. The summed E-state index contributed by atoms with van der Waals surface area (Å²) in [5, 5.41) is 3.22. The van der Waals surface area contributed by atoms with E-state index in [0.29, 0.717) is 6.42 Å². The highest BCUT2D eigenvalue weighted by atomic mass is 79.9. The monoisotopic (exact) mass is 316 g/mol. The Morgan fingerprint density at radius 1 is 1.64 bits per heavy atom. The molecular formula is C10H10Br2N2. The summed E-state index contributed by atoms with van der Waals surface area (Å²) in [6.07, 6.45) is 7.65. The van der Waals surface area contributed by atoms with Gasteiger partial charge in [-0.25, -0.2) is 4.98 Å². The van der Waals surface area contributed by atoms with E-state index in [-0.39, 0.29) is 6.04 Å². The van der Waals surface area contributed by atoms with Gasteiger partial charge in [0.25, 0.3) is 0 Å². The van der Waals surface area contributed by atoms with E-state index in [4.69, 9.17) is 6.42 Å². The van der Waals surface area contributed by atoms with Crippen molar-refractivity contribution in [1.29, 1.82) is 0 Å². The lowest BCUT2D eigenvalue weighted by Crippen LogP contribution is -2.15. The number of hydrogen-bond acceptors (Lipinski definition) is 2. The Balaban J connectivity index is 2.73. The summed E-state index contributed by atoms with van der Waals surface area (Å²) < 4.78 is 1.87. The van der Waals surface area contributed by atoms with Crippen molar-refractivity contribution in [2.45, 2.75) is 19.4 Å². The van der Waals surface area contributed by atoms with E-state index in [0.717, 1.165) is 14.8 Å². The number of nitrogens with zero attached hydrogens (tertiary/aromatic N) is 1. The molecule has 0 fully saturated rings. The molecule has 14 heavy (non-hydrogen) atoms. The minimum absolute atomic E-state index is 0.227. The first kappa shape index (κ1) is 11.5. The summed E-state index contributed by atoms with van der Waals surface area (Å²) >= 11 is 6.76. The van der Waals surface area contributed by atoms with E-state index in [1.54, 1.807) is 6.20 Å². The Labute approximate surface area is 101 Å². The van der Waals surface area contributed by atoms with Gasteiger partial charge in [-0.15, -0.1) is 12.3 Å². The molecule has 74 valence electrons. The summed E-state index contributed by atoms with van der Waals surface area (Å²) in [6, 6.07) is 2.17. The van der Waals surface area contributed by atoms with Crippen LogP contribution in [0.1, 0.15) is 13.3 Å². The molecule has 1 rings (SSSR count). The fourth-order valence-corrected chi connectivity index (χ4v) is 2.08. The maximum absolute atomic E-state index is 5.22. The first-order chi connectivity index (χ1) is 6.63. The van der Waals surface area contributed by atoms with Crippen LogP contribution >= 0.6 is 31.9 Å². The lowest BCUT2D eigenvalue weighted by atomic mass is 10.2. The van der Waals surface area contributed by atoms with Gasteiger partial charge in [0.1, 0.15) is 5.82 Å². The van der Waals surface area contributed by atoms with Crippen LogP contribution in [0.2, 0.25) is 0 Å². The van der Waals surface area contributed by atoms with Crippen molar-refractivity contribution in [1.82, 2.24) is 4.98 Å². The fourth-order valence-electron chi connectivity index (χ4n) is 0.982. The van der Waals surface area contributed by atoms with E-state index in [1.807, 2.05) is 13.0 Å². The van der Waals surface area contributed by atoms with Crippen LogP contribution in [-0.4, -0.2) is 11.0 Å². The van der Waals surface area contributed by atoms with Gasteiger partial charge in [0.15, 0.2) is 0 Å². The van der Waals surface area contributed by atoms with Crippen LogP contribution in [0.4, 0.5) is 5.82 Å². The van der Waals surface area contributed by atoms with Gasteiger partial charge in [-0.1, -0.05) is 0 Å². The second-order valence-corrected chi connectivity index (χ2v) is 4.71. The molecule has 1 N–H and O–H groups in total. The molecule has 0 aliphatic carbocycles. The highest BCUT2D eigenvalue weighted by molar-refractivity contribution is 9.11. The van der Waals surface area contributed by atoms with Gasteiger partial charge in [0, 0.05) is 23.1 Å². The van der Waals surface area contributed by atoms with Crippen molar-refractivity contribution in [3.05, 3.63) is 21.2 Å². The summed E-state index contributed by atoms with van der Waals surface area (Å²) in [7, 11) is 0. The number of pyridine rings is 1. The lowest BCUT2D eigenvalue weighted by molar-refractivity contribution is 0.820. The van der Waals surface area contributed by atoms with Crippen molar-refractivity contribution >= 4 is 37.7 Å². The molecule has 0 aliphatic rings. The number of anilines is 1. The Morgan fingerprint density at radius 3 is 2.93 bits per heavy atom. The minimum Gasteiger partial charge on any atom is -0.366 e. The van der Waals surface area contributed by atoms with Crippen LogP contribution in [0, 0.1) is 12.3 Å². The second kappa shape index (κ2) is 5.38. The van der Waals surface area contributed by atoms with Crippen LogP contribution in [-0.2, 0) is 0 Å². The molecule has 1 heterocycles. The van der Waals surface area contributed by atoms with Crippen LogP contribution in [0.5, 0.6) is 0 Å². The van der Waals surface area contributed by atoms with Crippen molar-refractivity contribution in [3.8, 4) is 12.3 Å². The zero-order chi connectivity index (χ0) is 10.6. The largest absolute Gasteiger partial charge is 0.366 e. The quantitative estimate of drug-likeness (QED) is 0.864. The summed E-state index contributed by atoms with van der Waals surface area (Å²) in [5.74, 6) is 3.42. The van der Waals surface area contributed by atoms with Gasteiger partial charge in [0.2, 0.25) is 0 Å². The molecule has 4 heteroatoms. The molecule has 0 spiro atoms. The van der Waals surface area contributed by atoms with E-state index in [1.165, 1.54) is 0 Å².